The van der Waals surface area contributed by atoms with Gasteiger partial charge in [0.1, 0.15) is 5.82 Å². The minimum absolute atomic E-state index is 0.0825. The van der Waals surface area contributed by atoms with E-state index in [1.165, 1.54) is 5.56 Å². The molecule has 1 atom stereocenters. The van der Waals surface area contributed by atoms with Crippen molar-refractivity contribution in [1.29, 1.82) is 0 Å². The van der Waals surface area contributed by atoms with E-state index in [1.807, 2.05) is 60.7 Å². The van der Waals surface area contributed by atoms with Crippen LogP contribution in [0, 0.1) is 0 Å². The van der Waals surface area contributed by atoms with Crippen LogP contribution in [-0.4, -0.2) is 9.97 Å². The van der Waals surface area contributed by atoms with Crippen LogP contribution in [-0.2, 0) is 0 Å². The number of nitrogens with zero attached hydrogens (tertiary/aromatic N) is 2. The normalized spacial score (nSPS) is 12.1. The Bertz CT molecular complexity index is 1100. The molecule has 3 aromatic carbocycles. The number of halogens is 2. The maximum absolute atomic E-state index is 6.37. The molecule has 3 nitrogen and oxygen atoms in total. The maximum Gasteiger partial charge on any atom is 0.163 e. The summed E-state index contributed by atoms with van der Waals surface area (Å²) in [6.45, 7) is 2.11. The molecule has 0 saturated heterocycles. The van der Waals surface area contributed by atoms with Crippen molar-refractivity contribution in [2.24, 2.45) is 0 Å². The molecule has 1 N–H and O–H groups in total. The van der Waals surface area contributed by atoms with Crippen LogP contribution >= 0.6 is 23.2 Å². The van der Waals surface area contributed by atoms with Crippen molar-refractivity contribution >= 4 is 39.9 Å². The number of anilines is 1. The van der Waals surface area contributed by atoms with E-state index in [4.69, 9.17) is 28.2 Å². The minimum atomic E-state index is 0.0825. The second-order valence-corrected chi connectivity index (χ2v) is 7.16. The Kier molecular flexibility index (Phi) is 4.97. The zero-order chi connectivity index (χ0) is 18.8. The first-order valence-corrected chi connectivity index (χ1v) is 9.41. The molecule has 5 heteroatoms. The molecule has 0 aliphatic carbocycles. The number of fused-ring (bicyclic) bond motifs is 1. The standard InChI is InChI=1S/C22H17Cl2N3/c1-14(15-7-3-2-4-8-15)25-22-18-12-11-16(23)13-20(18)26-21(27-22)17-9-5-6-10-19(17)24/h2-14H,1H3,(H,25,26,27). The Labute approximate surface area is 168 Å². The van der Waals surface area contributed by atoms with Crippen LogP contribution in [0.15, 0.2) is 72.8 Å². The van der Waals surface area contributed by atoms with Gasteiger partial charge in [-0.1, -0.05) is 65.7 Å². The maximum atomic E-state index is 6.37. The summed E-state index contributed by atoms with van der Waals surface area (Å²) in [7, 11) is 0. The quantitative estimate of drug-likeness (QED) is 0.415. The number of hydrogen-bond acceptors (Lipinski definition) is 3. The fourth-order valence-corrected chi connectivity index (χ4v) is 3.39. The first-order valence-electron chi connectivity index (χ1n) is 8.65. The summed E-state index contributed by atoms with van der Waals surface area (Å²) in [6, 6.07) is 23.5. The highest BCUT2D eigenvalue weighted by Gasteiger charge is 2.14. The molecule has 0 spiro atoms. The van der Waals surface area contributed by atoms with Crippen molar-refractivity contribution in [3.8, 4) is 11.4 Å². The molecular formula is C22H17Cl2N3. The van der Waals surface area contributed by atoms with Crippen LogP contribution < -0.4 is 5.32 Å². The lowest BCUT2D eigenvalue weighted by Crippen LogP contribution is -2.09. The van der Waals surface area contributed by atoms with E-state index in [1.54, 1.807) is 0 Å². The lowest BCUT2D eigenvalue weighted by molar-refractivity contribution is 0.876. The fraction of sp³-hybridized carbons (Fsp3) is 0.0909. The average molecular weight is 394 g/mol. The molecule has 0 amide bonds. The van der Waals surface area contributed by atoms with Gasteiger partial charge >= 0.3 is 0 Å². The van der Waals surface area contributed by atoms with Gasteiger partial charge < -0.3 is 5.32 Å². The molecule has 27 heavy (non-hydrogen) atoms. The van der Waals surface area contributed by atoms with E-state index in [2.05, 4.69) is 29.4 Å². The smallest absolute Gasteiger partial charge is 0.163 e. The third kappa shape index (κ3) is 3.75. The second kappa shape index (κ2) is 7.55. The van der Waals surface area contributed by atoms with Crippen LogP contribution in [0.2, 0.25) is 10.0 Å². The van der Waals surface area contributed by atoms with Crippen LogP contribution in [0.1, 0.15) is 18.5 Å². The number of hydrogen-bond donors (Lipinski definition) is 1. The topological polar surface area (TPSA) is 37.8 Å². The molecule has 0 aliphatic heterocycles. The van der Waals surface area contributed by atoms with E-state index >= 15 is 0 Å². The Morgan fingerprint density at radius 2 is 1.59 bits per heavy atom. The van der Waals surface area contributed by atoms with E-state index in [0.29, 0.717) is 15.9 Å². The Morgan fingerprint density at radius 3 is 2.37 bits per heavy atom. The number of benzene rings is 3. The summed E-state index contributed by atoms with van der Waals surface area (Å²) in [6.07, 6.45) is 0. The predicted octanol–water partition coefficient (Wildman–Crippen LogP) is 6.78. The molecule has 0 bridgehead atoms. The molecular weight excluding hydrogens is 377 g/mol. The highest BCUT2D eigenvalue weighted by molar-refractivity contribution is 6.33. The highest BCUT2D eigenvalue weighted by Crippen LogP contribution is 2.31. The number of rotatable bonds is 4. The van der Waals surface area contributed by atoms with Crippen LogP contribution in [0.3, 0.4) is 0 Å². The molecule has 134 valence electrons. The second-order valence-electron chi connectivity index (χ2n) is 6.31. The molecule has 1 aromatic heterocycles. The van der Waals surface area contributed by atoms with Crippen LogP contribution in [0.4, 0.5) is 5.82 Å². The Morgan fingerprint density at radius 1 is 0.852 bits per heavy atom. The average Bonchev–Trinajstić information content (AvgIpc) is 2.68. The van der Waals surface area contributed by atoms with Gasteiger partial charge in [0.15, 0.2) is 5.82 Å². The molecule has 0 aliphatic rings. The van der Waals surface area contributed by atoms with Gasteiger partial charge in [0, 0.05) is 22.0 Å². The number of aromatic nitrogens is 2. The zero-order valence-electron chi connectivity index (χ0n) is 14.7. The molecule has 0 saturated carbocycles. The monoisotopic (exact) mass is 393 g/mol. The van der Waals surface area contributed by atoms with Crippen molar-refractivity contribution in [2.75, 3.05) is 5.32 Å². The van der Waals surface area contributed by atoms with Gasteiger partial charge in [0.2, 0.25) is 0 Å². The third-order valence-corrected chi connectivity index (χ3v) is 4.99. The number of nitrogens with one attached hydrogen (secondary N) is 1. The van der Waals surface area contributed by atoms with Crippen molar-refractivity contribution < 1.29 is 0 Å². The van der Waals surface area contributed by atoms with Crippen LogP contribution in [0.5, 0.6) is 0 Å². The largest absolute Gasteiger partial charge is 0.363 e. The van der Waals surface area contributed by atoms with Crippen LogP contribution in [0.25, 0.3) is 22.3 Å². The summed E-state index contributed by atoms with van der Waals surface area (Å²) in [5.74, 6) is 1.32. The lowest BCUT2D eigenvalue weighted by atomic mass is 10.1. The van der Waals surface area contributed by atoms with Gasteiger partial charge in [-0.05, 0) is 42.8 Å². The van der Waals surface area contributed by atoms with Gasteiger partial charge in [-0.3, -0.25) is 0 Å². The van der Waals surface area contributed by atoms with Gasteiger partial charge in [0.25, 0.3) is 0 Å². The highest BCUT2D eigenvalue weighted by atomic mass is 35.5. The van der Waals surface area contributed by atoms with Crippen molar-refractivity contribution in [1.82, 2.24) is 9.97 Å². The van der Waals surface area contributed by atoms with E-state index in [0.717, 1.165) is 22.3 Å². The molecule has 1 unspecified atom stereocenters. The van der Waals surface area contributed by atoms with Gasteiger partial charge in [-0.25, -0.2) is 9.97 Å². The summed E-state index contributed by atoms with van der Waals surface area (Å²) in [5.41, 5.74) is 2.74. The lowest BCUT2D eigenvalue weighted by Gasteiger charge is -2.17. The molecule has 4 aromatic rings. The predicted molar refractivity (Wildman–Crippen MR) is 113 cm³/mol. The Balaban J connectivity index is 1.84. The summed E-state index contributed by atoms with van der Waals surface area (Å²) in [5, 5.41) is 5.67. The first kappa shape index (κ1) is 17.8. The summed E-state index contributed by atoms with van der Waals surface area (Å²) in [4.78, 5) is 9.47. The van der Waals surface area contributed by atoms with E-state index < -0.39 is 0 Å². The molecule has 1 heterocycles. The fourth-order valence-electron chi connectivity index (χ4n) is 3.01. The molecule has 0 radical (unpaired) electrons. The molecule has 0 fully saturated rings. The summed E-state index contributed by atoms with van der Waals surface area (Å²) < 4.78 is 0. The zero-order valence-corrected chi connectivity index (χ0v) is 16.2. The van der Waals surface area contributed by atoms with Gasteiger partial charge in [-0.15, -0.1) is 0 Å². The third-order valence-electron chi connectivity index (χ3n) is 4.43. The SMILES string of the molecule is CC(Nc1nc(-c2ccccc2Cl)nc2cc(Cl)ccc12)c1ccccc1. The Hall–Kier alpha value is -2.62. The van der Waals surface area contributed by atoms with Crippen molar-refractivity contribution in [3.63, 3.8) is 0 Å². The minimum Gasteiger partial charge on any atom is -0.363 e. The first-order chi connectivity index (χ1) is 13.1. The van der Waals surface area contributed by atoms with E-state index in [9.17, 15) is 0 Å². The van der Waals surface area contributed by atoms with Gasteiger partial charge in [-0.2, -0.15) is 0 Å². The summed E-state index contributed by atoms with van der Waals surface area (Å²) >= 11 is 12.6. The van der Waals surface area contributed by atoms with Crippen molar-refractivity contribution in [2.45, 2.75) is 13.0 Å². The molecule has 4 rings (SSSR count). The van der Waals surface area contributed by atoms with Crippen molar-refractivity contribution in [3.05, 3.63) is 88.4 Å². The van der Waals surface area contributed by atoms with E-state index in [-0.39, 0.29) is 6.04 Å². The van der Waals surface area contributed by atoms with Gasteiger partial charge in [0.05, 0.1) is 10.5 Å².